The zero-order chi connectivity index (χ0) is 14.8. The fraction of sp³-hybridized carbons (Fsp3) is 0.357. The first-order valence-corrected chi connectivity index (χ1v) is 6.40. The maximum absolute atomic E-state index is 11.7. The number of amides is 1. The molecular formula is C14H21Cl2N5O. The third-order valence-corrected chi connectivity index (χ3v) is 2.92. The summed E-state index contributed by atoms with van der Waals surface area (Å²) in [4.78, 5) is 20.2. The summed E-state index contributed by atoms with van der Waals surface area (Å²) in [5.41, 5.74) is 5.76. The number of aryl methyl sites for hydroxylation is 1. The summed E-state index contributed by atoms with van der Waals surface area (Å²) in [7, 11) is 0. The number of hydrogen-bond donors (Lipinski definition) is 2. The van der Waals surface area contributed by atoms with Crippen LogP contribution in [0.3, 0.4) is 0 Å². The van der Waals surface area contributed by atoms with Crippen molar-refractivity contribution in [1.29, 1.82) is 0 Å². The molecule has 3 N–H and O–H groups in total. The molecule has 0 bridgehead atoms. The van der Waals surface area contributed by atoms with Crippen LogP contribution in [0.15, 0.2) is 30.7 Å². The lowest BCUT2D eigenvalue weighted by Gasteiger charge is -2.17. The second kappa shape index (κ2) is 8.12. The summed E-state index contributed by atoms with van der Waals surface area (Å²) in [5.74, 6) is 1.49. The van der Waals surface area contributed by atoms with E-state index in [9.17, 15) is 4.79 Å². The van der Waals surface area contributed by atoms with Gasteiger partial charge in [-0.05, 0) is 32.4 Å². The van der Waals surface area contributed by atoms with Crippen LogP contribution in [0.4, 0.5) is 0 Å². The van der Waals surface area contributed by atoms with Crippen molar-refractivity contribution < 1.29 is 4.79 Å². The predicted octanol–water partition coefficient (Wildman–Crippen LogP) is 1.77. The lowest BCUT2D eigenvalue weighted by Crippen LogP contribution is -2.48. The third kappa shape index (κ3) is 4.98. The van der Waals surface area contributed by atoms with Gasteiger partial charge < -0.3 is 11.1 Å². The van der Waals surface area contributed by atoms with Gasteiger partial charge in [-0.3, -0.25) is 9.36 Å². The van der Waals surface area contributed by atoms with E-state index in [0.717, 1.165) is 17.2 Å². The van der Waals surface area contributed by atoms with Crippen LogP contribution < -0.4 is 11.1 Å². The Hall–Kier alpha value is -1.63. The Bertz CT molecular complexity index is 604. The van der Waals surface area contributed by atoms with Gasteiger partial charge in [0.15, 0.2) is 0 Å². The van der Waals surface area contributed by atoms with Gasteiger partial charge in [0.25, 0.3) is 0 Å². The number of imidazole rings is 1. The van der Waals surface area contributed by atoms with E-state index < -0.39 is 5.54 Å². The molecule has 0 aliphatic rings. The Labute approximate surface area is 142 Å². The molecule has 0 spiro atoms. The molecule has 0 aromatic carbocycles. The van der Waals surface area contributed by atoms with Crippen LogP contribution in [0.25, 0.3) is 5.82 Å². The lowest BCUT2D eigenvalue weighted by atomic mass is 10.1. The fourth-order valence-electron chi connectivity index (χ4n) is 1.69. The van der Waals surface area contributed by atoms with Crippen molar-refractivity contribution in [3.63, 3.8) is 0 Å². The van der Waals surface area contributed by atoms with E-state index in [1.807, 2.05) is 29.8 Å². The van der Waals surface area contributed by atoms with Crippen molar-refractivity contribution in [3.05, 3.63) is 42.1 Å². The normalized spacial score (nSPS) is 10.4. The number of nitrogens with zero attached hydrogens (tertiary/aromatic N) is 3. The maximum Gasteiger partial charge on any atom is 0.239 e. The van der Waals surface area contributed by atoms with Gasteiger partial charge in [-0.25, -0.2) is 9.97 Å². The zero-order valence-electron chi connectivity index (χ0n) is 12.7. The van der Waals surface area contributed by atoms with Crippen molar-refractivity contribution in [2.75, 3.05) is 0 Å². The van der Waals surface area contributed by atoms with Gasteiger partial charge in [0.05, 0.1) is 5.54 Å². The van der Waals surface area contributed by atoms with Crippen LogP contribution in [-0.4, -0.2) is 26.0 Å². The zero-order valence-corrected chi connectivity index (χ0v) is 14.4. The number of hydrogen-bond acceptors (Lipinski definition) is 4. The summed E-state index contributed by atoms with van der Waals surface area (Å²) in [6, 6.07) is 3.81. The van der Waals surface area contributed by atoms with Crippen molar-refractivity contribution in [3.8, 4) is 5.82 Å². The molecule has 2 aromatic heterocycles. The van der Waals surface area contributed by atoms with E-state index in [1.165, 1.54) is 0 Å². The molecule has 2 aromatic rings. The Balaban J connectivity index is 0.00000220. The summed E-state index contributed by atoms with van der Waals surface area (Å²) < 4.78 is 1.89. The highest BCUT2D eigenvalue weighted by Crippen LogP contribution is 2.08. The van der Waals surface area contributed by atoms with E-state index >= 15 is 0 Å². The largest absolute Gasteiger partial charge is 0.350 e. The van der Waals surface area contributed by atoms with Gasteiger partial charge in [0.2, 0.25) is 5.91 Å². The highest BCUT2D eigenvalue weighted by atomic mass is 35.5. The van der Waals surface area contributed by atoms with Crippen LogP contribution in [0.1, 0.15) is 25.2 Å². The SMILES string of the molecule is Cc1nccn1-c1ccc(CNC(=O)C(C)(C)N)cn1.Cl.Cl. The van der Waals surface area contributed by atoms with Crippen LogP contribution in [0, 0.1) is 6.92 Å². The molecule has 0 aliphatic heterocycles. The molecule has 122 valence electrons. The van der Waals surface area contributed by atoms with Crippen LogP contribution in [0.2, 0.25) is 0 Å². The Morgan fingerprint density at radius 2 is 2.00 bits per heavy atom. The van der Waals surface area contributed by atoms with E-state index in [4.69, 9.17) is 5.73 Å². The van der Waals surface area contributed by atoms with Gasteiger partial charge in [0.1, 0.15) is 11.6 Å². The fourth-order valence-corrected chi connectivity index (χ4v) is 1.69. The Kier molecular flexibility index (Phi) is 7.52. The first-order chi connectivity index (χ1) is 9.38. The van der Waals surface area contributed by atoms with E-state index in [0.29, 0.717) is 6.54 Å². The summed E-state index contributed by atoms with van der Waals surface area (Å²) in [5, 5.41) is 2.78. The minimum Gasteiger partial charge on any atom is -0.350 e. The van der Waals surface area contributed by atoms with Gasteiger partial charge in [-0.1, -0.05) is 6.07 Å². The summed E-state index contributed by atoms with van der Waals surface area (Å²) in [6.45, 7) is 5.67. The molecule has 0 aliphatic carbocycles. The number of pyridine rings is 1. The molecular weight excluding hydrogens is 325 g/mol. The van der Waals surface area contributed by atoms with E-state index in [-0.39, 0.29) is 30.7 Å². The molecule has 1 amide bonds. The van der Waals surface area contributed by atoms with Crippen molar-refractivity contribution in [2.45, 2.75) is 32.9 Å². The standard InChI is InChI=1S/C14H19N5O.2ClH/c1-10-16-6-7-19(10)12-5-4-11(8-17-12)9-18-13(20)14(2,3)15;;/h4-8H,9,15H2,1-3H3,(H,18,20);2*1H. The molecule has 6 nitrogen and oxygen atoms in total. The average Bonchev–Trinajstić information content (AvgIpc) is 2.82. The molecule has 2 heterocycles. The van der Waals surface area contributed by atoms with Gasteiger partial charge in [-0.2, -0.15) is 0 Å². The number of carbonyl (C=O) groups excluding carboxylic acids is 1. The maximum atomic E-state index is 11.7. The Morgan fingerprint density at radius 1 is 1.32 bits per heavy atom. The Morgan fingerprint density at radius 3 is 2.45 bits per heavy atom. The van der Waals surface area contributed by atoms with Crippen LogP contribution in [-0.2, 0) is 11.3 Å². The minimum atomic E-state index is -0.874. The summed E-state index contributed by atoms with van der Waals surface area (Å²) in [6.07, 6.45) is 5.32. The molecule has 8 heteroatoms. The van der Waals surface area contributed by atoms with Gasteiger partial charge >= 0.3 is 0 Å². The van der Waals surface area contributed by atoms with E-state index in [1.54, 1.807) is 26.2 Å². The van der Waals surface area contributed by atoms with Crippen LogP contribution in [0.5, 0.6) is 0 Å². The quantitative estimate of drug-likeness (QED) is 0.884. The molecule has 0 saturated carbocycles. The number of aromatic nitrogens is 3. The second-order valence-electron chi connectivity index (χ2n) is 5.27. The summed E-state index contributed by atoms with van der Waals surface area (Å²) >= 11 is 0. The van der Waals surface area contributed by atoms with E-state index in [2.05, 4.69) is 15.3 Å². The van der Waals surface area contributed by atoms with Gasteiger partial charge in [-0.15, -0.1) is 24.8 Å². The number of nitrogens with two attached hydrogens (primary N) is 1. The molecule has 2 rings (SSSR count). The van der Waals surface area contributed by atoms with Gasteiger partial charge in [0, 0.05) is 25.1 Å². The topological polar surface area (TPSA) is 85.8 Å². The van der Waals surface area contributed by atoms with Crippen LogP contribution >= 0.6 is 24.8 Å². The number of carbonyl (C=O) groups is 1. The first kappa shape index (κ1) is 20.4. The number of rotatable bonds is 4. The molecule has 0 unspecified atom stereocenters. The minimum absolute atomic E-state index is 0. The first-order valence-electron chi connectivity index (χ1n) is 6.40. The molecule has 0 radical (unpaired) electrons. The molecule has 0 fully saturated rings. The lowest BCUT2D eigenvalue weighted by molar-refractivity contribution is -0.125. The molecule has 0 saturated heterocycles. The number of nitrogens with one attached hydrogen (secondary N) is 1. The van der Waals surface area contributed by atoms with Crippen molar-refractivity contribution >= 4 is 30.7 Å². The highest BCUT2D eigenvalue weighted by molar-refractivity contribution is 5.85. The highest BCUT2D eigenvalue weighted by Gasteiger charge is 2.21. The third-order valence-electron chi connectivity index (χ3n) is 2.92. The molecule has 0 atom stereocenters. The average molecular weight is 346 g/mol. The second-order valence-corrected chi connectivity index (χ2v) is 5.27. The van der Waals surface area contributed by atoms with Crippen molar-refractivity contribution in [1.82, 2.24) is 19.9 Å². The predicted molar refractivity (Wildman–Crippen MR) is 90.7 cm³/mol. The number of halogens is 2. The monoisotopic (exact) mass is 345 g/mol. The molecule has 22 heavy (non-hydrogen) atoms. The van der Waals surface area contributed by atoms with Crippen molar-refractivity contribution in [2.24, 2.45) is 5.73 Å². The smallest absolute Gasteiger partial charge is 0.239 e.